The third-order valence-corrected chi connectivity index (χ3v) is 4.98. The van der Waals surface area contributed by atoms with Crippen molar-refractivity contribution in [1.29, 1.82) is 0 Å². The predicted octanol–water partition coefficient (Wildman–Crippen LogP) is 0.540. The summed E-state index contributed by atoms with van der Waals surface area (Å²) in [6.07, 6.45) is 1.74. The lowest BCUT2D eigenvalue weighted by Gasteiger charge is -2.08. The maximum Gasteiger partial charge on any atom is 0.338 e. The minimum absolute atomic E-state index is 0.0743. The van der Waals surface area contributed by atoms with Crippen LogP contribution in [0.4, 0.5) is 4.39 Å². The fourth-order valence-electron chi connectivity index (χ4n) is 2.42. The Balaban J connectivity index is 1.82. The first-order valence-corrected chi connectivity index (χ1v) is 8.30. The first-order chi connectivity index (χ1) is 10.9. The van der Waals surface area contributed by atoms with Crippen LogP contribution in [0.1, 0.15) is 28.4 Å². The van der Waals surface area contributed by atoms with Crippen molar-refractivity contribution in [1.82, 2.24) is 19.5 Å². The van der Waals surface area contributed by atoms with Crippen LogP contribution in [0.5, 0.6) is 0 Å². The van der Waals surface area contributed by atoms with Gasteiger partial charge in [-0.15, -0.1) is 10.2 Å². The van der Waals surface area contributed by atoms with E-state index in [4.69, 9.17) is 5.11 Å². The van der Waals surface area contributed by atoms with Gasteiger partial charge in [0, 0.05) is 13.0 Å². The summed E-state index contributed by atoms with van der Waals surface area (Å²) < 4.78 is 42.0. The van der Waals surface area contributed by atoms with Crippen LogP contribution in [-0.4, -0.2) is 34.3 Å². The fourth-order valence-corrected chi connectivity index (χ4v) is 3.43. The highest BCUT2D eigenvalue weighted by Crippen LogP contribution is 2.17. The van der Waals surface area contributed by atoms with Gasteiger partial charge in [0.15, 0.2) is 0 Å². The van der Waals surface area contributed by atoms with Crippen molar-refractivity contribution in [3.63, 3.8) is 0 Å². The molecule has 1 aliphatic heterocycles. The van der Waals surface area contributed by atoms with Crippen molar-refractivity contribution in [3.8, 4) is 0 Å². The maximum absolute atomic E-state index is 13.4. The monoisotopic (exact) mass is 340 g/mol. The lowest BCUT2D eigenvalue weighted by molar-refractivity contribution is 0.0691. The van der Waals surface area contributed by atoms with Gasteiger partial charge in [-0.25, -0.2) is 22.3 Å². The van der Waals surface area contributed by atoms with Crippen molar-refractivity contribution in [2.45, 2.75) is 30.8 Å². The van der Waals surface area contributed by atoms with Crippen LogP contribution < -0.4 is 4.72 Å². The smallest absolute Gasteiger partial charge is 0.338 e. The van der Waals surface area contributed by atoms with E-state index < -0.39 is 27.4 Å². The molecule has 2 heterocycles. The van der Waals surface area contributed by atoms with Crippen molar-refractivity contribution in [3.05, 3.63) is 41.2 Å². The van der Waals surface area contributed by atoms with Gasteiger partial charge in [-0.3, -0.25) is 0 Å². The van der Waals surface area contributed by atoms with Crippen LogP contribution >= 0.6 is 0 Å². The maximum atomic E-state index is 13.4. The molecule has 8 nitrogen and oxygen atoms in total. The molecule has 0 radical (unpaired) electrons. The van der Waals surface area contributed by atoms with Crippen molar-refractivity contribution in [2.75, 3.05) is 0 Å². The van der Waals surface area contributed by atoms with Crippen molar-refractivity contribution in [2.24, 2.45) is 0 Å². The highest BCUT2D eigenvalue weighted by Gasteiger charge is 2.22. The summed E-state index contributed by atoms with van der Waals surface area (Å²) in [5.41, 5.74) is -0.698. The number of fused-ring (bicyclic) bond motifs is 1. The molecule has 0 spiro atoms. The van der Waals surface area contributed by atoms with Gasteiger partial charge >= 0.3 is 5.97 Å². The Morgan fingerprint density at radius 2 is 2.17 bits per heavy atom. The Kier molecular flexibility index (Phi) is 3.86. The lowest BCUT2D eigenvalue weighted by atomic mass is 10.2. The summed E-state index contributed by atoms with van der Waals surface area (Å²) in [4.78, 5) is 10.6. The highest BCUT2D eigenvalue weighted by molar-refractivity contribution is 7.89. The van der Waals surface area contributed by atoms with Gasteiger partial charge in [-0.2, -0.15) is 0 Å². The number of hydrogen-bond acceptors (Lipinski definition) is 5. The molecule has 0 aliphatic carbocycles. The molecule has 0 saturated carbocycles. The molecule has 0 atom stereocenters. The number of carboxylic acids is 1. The number of nitrogens with zero attached hydrogens (tertiary/aromatic N) is 3. The van der Waals surface area contributed by atoms with Gasteiger partial charge < -0.3 is 9.67 Å². The quantitative estimate of drug-likeness (QED) is 0.821. The van der Waals surface area contributed by atoms with Crippen LogP contribution in [0.2, 0.25) is 0 Å². The number of rotatable bonds is 5. The number of aryl methyl sites for hydroxylation is 1. The van der Waals surface area contributed by atoms with E-state index in [1.807, 2.05) is 4.57 Å². The number of halogens is 1. The summed E-state index contributed by atoms with van der Waals surface area (Å²) in [7, 11) is -3.99. The molecule has 1 aromatic carbocycles. The van der Waals surface area contributed by atoms with Crippen molar-refractivity contribution < 1.29 is 22.7 Å². The van der Waals surface area contributed by atoms with Gasteiger partial charge in [0.2, 0.25) is 10.0 Å². The van der Waals surface area contributed by atoms with Gasteiger partial charge in [-0.05, 0) is 24.6 Å². The Bertz CT molecular complexity index is 878. The van der Waals surface area contributed by atoms with Crippen LogP contribution in [0.3, 0.4) is 0 Å². The molecule has 1 aliphatic rings. The van der Waals surface area contributed by atoms with Crippen molar-refractivity contribution >= 4 is 16.0 Å². The number of carbonyl (C=O) groups is 1. The van der Waals surface area contributed by atoms with Crippen LogP contribution in [-0.2, 0) is 29.5 Å². The third-order valence-electron chi connectivity index (χ3n) is 3.58. The molecular weight excluding hydrogens is 327 g/mol. The summed E-state index contributed by atoms with van der Waals surface area (Å²) in [6.45, 7) is 0.661. The highest BCUT2D eigenvalue weighted by atomic mass is 32.2. The number of benzene rings is 1. The second kappa shape index (κ2) is 5.70. The molecule has 0 unspecified atom stereocenters. The van der Waals surface area contributed by atoms with Gasteiger partial charge in [0.25, 0.3) is 0 Å². The zero-order valence-electron chi connectivity index (χ0n) is 11.9. The lowest BCUT2D eigenvalue weighted by Crippen LogP contribution is -2.25. The second-order valence-electron chi connectivity index (χ2n) is 5.06. The Morgan fingerprint density at radius 3 is 2.91 bits per heavy atom. The number of aromatic carboxylic acids is 1. The molecule has 23 heavy (non-hydrogen) atoms. The SMILES string of the molecule is O=C(O)c1cc(S(=O)(=O)NCc2nnc3n2CCC3)ccc1F. The largest absolute Gasteiger partial charge is 0.478 e. The zero-order chi connectivity index (χ0) is 16.6. The first kappa shape index (κ1) is 15.6. The number of hydrogen-bond donors (Lipinski definition) is 2. The Morgan fingerprint density at radius 1 is 1.39 bits per heavy atom. The molecule has 3 rings (SSSR count). The van der Waals surface area contributed by atoms with Gasteiger partial charge in [-0.1, -0.05) is 0 Å². The predicted molar refractivity (Wildman–Crippen MR) is 75.7 cm³/mol. The average molecular weight is 340 g/mol. The number of carboxylic acid groups (broad SMARTS) is 1. The Hall–Kier alpha value is -2.33. The molecule has 122 valence electrons. The van der Waals surface area contributed by atoms with E-state index >= 15 is 0 Å². The number of aromatic nitrogens is 3. The summed E-state index contributed by atoms with van der Waals surface area (Å²) in [6, 6.07) is 2.61. The fraction of sp³-hybridized carbons (Fsp3) is 0.308. The molecule has 2 N–H and O–H groups in total. The van der Waals surface area contributed by atoms with E-state index in [1.54, 1.807) is 0 Å². The minimum atomic E-state index is -3.99. The topological polar surface area (TPSA) is 114 Å². The minimum Gasteiger partial charge on any atom is -0.478 e. The standard InChI is InChI=1S/C13H13FN4O4S/c14-10-4-3-8(6-9(10)13(19)20)23(21,22)15-7-12-17-16-11-2-1-5-18(11)12/h3-4,6,15H,1-2,5,7H2,(H,19,20). The van der Waals surface area contributed by atoms with E-state index in [2.05, 4.69) is 14.9 Å². The molecule has 0 saturated heterocycles. The third kappa shape index (κ3) is 2.94. The van der Waals surface area contributed by atoms with Crippen LogP contribution in [0.15, 0.2) is 23.1 Å². The molecule has 10 heteroatoms. The van der Waals surface area contributed by atoms with E-state index in [0.717, 1.165) is 43.4 Å². The summed E-state index contributed by atoms with van der Waals surface area (Å²) in [5, 5.41) is 16.8. The van der Waals surface area contributed by atoms with Crippen LogP contribution in [0.25, 0.3) is 0 Å². The summed E-state index contributed by atoms with van der Waals surface area (Å²) >= 11 is 0. The van der Waals surface area contributed by atoms with Gasteiger partial charge in [0.05, 0.1) is 17.0 Å². The van der Waals surface area contributed by atoms with E-state index in [0.29, 0.717) is 5.82 Å². The summed E-state index contributed by atoms with van der Waals surface area (Å²) in [5.74, 6) is -1.22. The van der Waals surface area contributed by atoms with E-state index in [-0.39, 0.29) is 11.4 Å². The first-order valence-electron chi connectivity index (χ1n) is 6.82. The Labute approximate surface area is 131 Å². The molecule has 0 amide bonds. The van der Waals surface area contributed by atoms with E-state index in [9.17, 15) is 17.6 Å². The number of sulfonamides is 1. The zero-order valence-corrected chi connectivity index (χ0v) is 12.7. The second-order valence-corrected chi connectivity index (χ2v) is 6.83. The van der Waals surface area contributed by atoms with Crippen LogP contribution in [0, 0.1) is 5.82 Å². The van der Waals surface area contributed by atoms with E-state index in [1.165, 1.54) is 0 Å². The molecule has 2 aromatic rings. The molecule has 1 aromatic heterocycles. The molecule has 0 bridgehead atoms. The average Bonchev–Trinajstić information content (AvgIpc) is 3.08. The van der Waals surface area contributed by atoms with Gasteiger partial charge in [0.1, 0.15) is 17.5 Å². The normalized spacial score (nSPS) is 14.0. The number of nitrogens with one attached hydrogen (secondary N) is 1. The molecule has 0 fully saturated rings. The molecular formula is C13H13FN4O4S.